The second-order valence-electron chi connectivity index (χ2n) is 4.79. The number of piperidine rings is 1. The van der Waals surface area contributed by atoms with Gasteiger partial charge in [-0.05, 0) is 25.8 Å². The molecule has 1 fully saturated rings. The van der Waals surface area contributed by atoms with Crippen LogP contribution in [0.3, 0.4) is 0 Å². The quantitative estimate of drug-likeness (QED) is 0.821. The van der Waals surface area contributed by atoms with Crippen LogP contribution in [0.25, 0.3) is 0 Å². The molecule has 100 valence electrons. The molecule has 0 spiro atoms. The number of aryl methyl sites for hydroxylation is 1. The van der Waals surface area contributed by atoms with E-state index in [0.717, 1.165) is 38.2 Å². The van der Waals surface area contributed by atoms with E-state index in [1.807, 2.05) is 0 Å². The van der Waals surface area contributed by atoms with Gasteiger partial charge in [-0.15, -0.1) is 0 Å². The molecule has 1 aliphatic rings. The molecule has 2 heterocycles. The van der Waals surface area contributed by atoms with Crippen LogP contribution in [0.4, 0.5) is 0 Å². The predicted octanol–water partition coefficient (Wildman–Crippen LogP) is 1.30. The van der Waals surface area contributed by atoms with E-state index >= 15 is 0 Å². The second kappa shape index (κ2) is 5.54. The lowest BCUT2D eigenvalue weighted by molar-refractivity contribution is 0.0599. The van der Waals surface area contributed by atoms with Crippen LogP contribution in [-0.4, -0.2) is 37.1 Å². The number of furan rings is 1. The number of likely N-dealkylation sites (tertiary alicyclic amines) is 1. The minimum absolute atomic E-state index is 0.324. The third-order valence-corrected chi connectivity index (χ3v) is 3.39. The monoisotopic (exact) mass is 252 g/mol. The Balaban J connectivity index is 2.00. The summed E-state index contributed by atoms with van der Waals surface area (Å²) in [6.07, 6.45) is 2.03. The van der Waals surface area contributed by atoms with E-state index in [4.69, 9.17) is 14.9 Å². The summed E-state index contributed by atoms with van der Waals surface area (Å²) in [5, 5.41) is 0. The van der Waals surface area contributed by atoms with E-state index in [-0.39, 0.29) is 5.97 Å². The molecule has 1 aromatic rings. The van der Waals surface area contributed by atoms with Crippen LogP contribution in [-0.2, 0) is 11.3 Å². The molecule has 2 N–H and O–H groups in total. The van der Waals surface area contributed by atoms with Crippen LogP contribution in [0.1, 0.15) is 34.7 Å². The molecular weight excluding hydrogens is 232 g/mol. The lowest BCUT2D eigenvalue weighted by atomic mass is 10.1. The van der Waals surface area contributed by atoms with Crippen molar-refractivity contribution in [2.24, 2.45) is 5.73 Å². The van der Waals surface area contributed by atoms with Gasteiger partial charge in [0.25, 0.3) is 0 Å². The Morgan fingerprint density at radius 2 is 2.22 bits per heavy atom. The van der Waals surface area contributed by atoms with Crippen molar-refractivity contribution in [1.82, 2.24) is 4.90 Å². The molecule has 0 bridgehead atoms. The molecule has 0 radical (unpaired) electrons. The average molecular weight is 252 g/mol. The normalized spacial score (nSPS) is 17.9. The molecule has 0 unspecified atom stereocenters. The van der Waals surface area contributed by atoms with Gasteiger partial charge < -0.3 is 14.9 Å². The number of carbonyl (C=O) groups excluding carboxylic acids is 1. The third kappa shape index (κ3) is 2.91. The van der Waals surface area contributed by atoms with E-state index < -0.39 is 0 Å². The largest absolute Gasteiger partial charge is 0.465 e. The van der Waals surface area contributed by atoms with Gasteiger partial charge in [-0.1, -0.05) is 0 Å². The molecule has 18 heavy (non-hydrogen) atoms. The van der Waals surface area contributed by atoms with Gasteiger partial charge in [-0.2, -0.15) is 0 Å². The molecule has 0 saturated carbocycles. The first-order valence-corrected chi connectivity index (χ1v) is 6.25. The van der Waals surface area contributed by atoms with Gasteiger partial charge in [-0.3, -0.25) is 4.90 Å². The molecule has 1 aromatic heterocycles. The second-order valence-corrected chi connectivity index (χ2v) is 4.79. The summed E-state index contributed by atoms with van der Waals surface area (Å²) in [5.74, 6) is 1.08. The van der Waals surface area contributed by atoms with Crippen LogP contribution in [0.5, 0.6) is 0 Å². The third-order valence-electron chi connectivity index (χ3n) is 3.39. The van der Waals surface area contributed by atoms with Crippen molar-refractivity contribution in [1.29, 1.82) is 0 Å². The van der Waals surface area contributed by atoms with Crippen molar-refractivity contribution in [2.45, 2.75) is 32.4 Å². The molecule has 1 saturated heterocycles. The van der Waals surface area contributed by atoms with Crippen LogP contribution in [0, 0.1) is 6.92 Å². The number of nitrogens with two attached hydrogens (primary N) is 1. The fraction of sp³-hybridized carbons (Fsp3) is 0.615. The maximum absolute atomic E-state index is 11.5. The number of carbonyl (C=O) groups is 1. The van der Waals surface area contributed by atoms with Crippen molar-refractivity contribution in [3.05, 3.63) is 23.2 Å². The van der Waals surface area contributed by atoms with Gasteiger partial charge in [-0.25, -0.2) is 4.79 Å². The van der Waals surface area contributed by atoms with Crippen molar-refractivity contribution >= 4 is 5.97 Å². The highest BCUT2D eigenvalue weighted by Crippen LogP contribution is 2.19. The number of rotatable bonds is 3. The fourth-order valence-electron chi connectivity index (χ4n) is 2.27. The first-order valence-electron chi connectivity index (χ1n) is 6.25. The zero-order valence-corrected chi connectivity index (χ0v) is 10.9. The van der Waals surface area contributed by atoms with Gasteiger partial charge in [0.15, 0.2) is 0 Å². The summed E-state index contributed by atoms with van der Waals surface area (Å²) in [4.78, 5) is 13.8. The molecule has 0 atom stereocenters. The number of hydrogen-bond donors (Lipinski definition) is 1. The highest BCUT2D eigenvalue weighted by atomic mass is 16.5. The van der Waals surface area contributed by atoms with Gasteiger partial charge in [0, 0.05) is 19.1 Å². The average Bonchev–Trinajstić information content (AvgIpc) is 2.72. The van der Waals surface area contributed by atoms with Gasteiger partial charge in [0.2, 0.25) is 0 Å². The predicted molar refractivity (Wildman–Crippen MR) is 67.3 cm³/mol. The number of hydrogen-bond acceptors (Lipinski definition) is 5. The molecule has 1 aliphatic heterocycles. The summed E-state index contributed by atoms with van der Waals surface area (Å²) in [6.45, 7) is 4.47. The summed E-state index contributed by atoms with van der Waals surface area (Å²) < 4.78 is 10.3. The number of ether oxygens (including phenoxy) is 1. The van der Waals surface area contributed by atoms with Crippen LogP contribution < -0.4 is 5.73 Å². The number of nitrogens with zero attached hydrogens (tertiary/aromatic N) is 1. The van der Waals surface area contributed by atoms with Crippen molar-refractivity contribution in [3.63, 3.8) is 0 Å². The smallest absolute Gasteiger partial charge is 0.341 e. The highest BCUT2D eigenvalue weighted by Gasteiger charge is 2.20. The van der Waals surface area contributed by atoms with Crippen molar-refractivity contribution in [3.8, 4) is 0 Å². The lowest BCUT2D eigenvalue weighted by Gasteiger charge is -2.29. The standard InChI is InChI=1S/C13H20N2O3/c1-9-12(13(16)17-2)7-11(18-9)8-15-5-3-10(14)4-6-15/h7,10H,3-6,8,14H2,1-2H3. The lowest BCUT2D eigenvalue weighted by Crippen LogP contribution is -2.39. The number of methoxy groups -OCH3 is 1. The molecule has 0 aromatic carbocycles. The molecule has 5 heteroatoms. The number of esters is 1. The Morgan fingerprint density at radius 1 is 1.56 bits per heavy atom. The Bertz CT molecular complexity index is 420. The zero-order valence-electron chi connectivity index (χ0n) is 10.9. The summed E-state index contributed by atoms with van der Waals surface area (Å²) in [5.41, 5.74) is 6.38. The highest BCUT2D eigenvalue weighted by molar-refractivity contribution is 5.90. The van der Waals surface area contributed by atoms with E-state index in [9.17, 15) is 4.79 Å². The van der Waals surface area contributed by atoms with E-state index in [2.05, 4.69) is 4.90 Å². The Hall–Kier alpha value is -1.33. The maximum atomic E-state index is 11.5. The minimum Gasteiger partial charge on any atom is -0.465 e. The molecule has 5 nitrogen and oxygen atoms in total. The SMILES string of the molecule is COC(=O)c1cc(CN2CCC(N)CC2)oc1C. The fourth-order valence-corrected chi connectivity index (χ4v) is 2.27. The Labute approximate surface area is 107 Å². The maximum Gasteiger partial charge on any atom is 0.341 e. The van der Waals surface area contributed by atoms with Crippen molar-refractivity contribution in [2.75, 3.05) is 20.2 Å². The van der Waals surface area contributed by atoms with Gasteiger partial charge in [0.1, 0.15) is 17.1 Å². The molecule has 0 amide bonds. The van der Waals surface area contributed by atoms with Crippen LogP contribution in [0.2, 0.25) is 0 Å². The Kier molecular flexibility index (Phi) is 4.04. The van der Waals surface area contributed by atoms with Crippen molar-refractivity contribution < 1.29 is 13.9 Å². The molecule has 0 aliphatic carbocycles. The summed E-state index contributed by atoms with van der Waals surface area (Å²) >= 11 is 0. The summed E-state index contributed by atoms with van der Waals surface area (Å²) in [7, 11) is 1.38. The van der Waals surface area contributed by atoms with Gasteiger partial charge >= 0.3 is 5.97 Å². The molecule has 2 rings (SSSR count). The van der Waals surface area contributed by atoms with E-state index in [0.29, 0.717) is 17.4 Å². The van der Waals surface area contributed by atoms with Gasteiger partial charge in [0.05, 0.1) is 13.7 Å². The minimum atomic E-state index is -0.344. The Morgan fingerprint density at radius 3 is 2.83 bits per heavy atom. The van der Waals surface area contributed by atoms with E-state index in [1.165, 1.54) is 7.11 Å². The van der Waals surface area contributed by atoms with E-state index in [1.54, 1.807) is 13.0 Å². The first kappa shape index (κ1) is 13.1. The summed E-state index contributed by atoms with van der Waals surface area (Å²) in [6, 6.07) is 2.10. The van der Waals surface area contributed by atoms with Crippen LogP contribution in [0.15, 0.2) is 10.5 Å². The van der Waals surface area contributed by atoms with Crippen LogP contribution >= 0.6 is 0 Å². The zero-order chi connectivity index (χ0) is 13.1. The molecular formula is C13H20N2O3. The topological polar surface area (TPSA) is 68.7 Å². The first-order chi connectivity index (χ1) is 8.60.